The molecule has 0 spiro atoms. The standard InChI is InChI=1S/C16H14ClNO/c17-13-6-7-15-12(8-13)9-14-10-16(18(15)19-14)11-4-2-1-3-5-11/h1-8,14,16H,9-10H2/t14-,16-/m0/s1. The Hall–Kier alpha value is -1.51. The molecular weight excluding hydrogens is 258 g/mol. The molecule has 1 saturated heterocycles. The van der Waals surface area contributed by atoms with Crippen molar-refractivity contribution in [1.82, 2.24) is 0 Å². The molecular formula is C16H14ClNO. The lowest BCUT2D eigenvalue weighted by molar-refractivity contribution is 0.0734. The molecule has 2 nitrogen and oxygen atoms in total. The molecule has 1 fully saturated rings. The second-order valence-corrected chi connectivity index (χ2v) is 5.63. The average Bonchev–Trinajstić information content (AvgIpc) is 2.78. The van der Waals surface area contributed by atoms with Gasteiger partial charge in [0, 0.05) is 17.9 Å². The fraction of sp³-hybridized carbons (Fsp3) is 0.250. The lowest BCUT2D eigenvalue weighted by atomic mass is 10.0. The van der Waals surface area contributed by atoms with E-state index in [0.29, 0.717) is 6.04 Å². The van der Waals surface area contributed by atoms with Gasteiger partial charge in [0.1, 0.15) is 0 Å². The van der Waals surface area contributed by atoms with Gasteiger partial charge in [0.25, 0.3) is 0 Å². The molecule has 0 aromatic heterocycles. The SMILES string of the molecule is Clc1ccc2c(c1)C[C@H]1C[C@@H](c3ccccc3)N2O1. The van der Waals surface area contributed by atoms with Crippen LogP contribution in [-0.2, 0) is 11.3 Å². The second kappa shape index (κ2) is 4.26. The smallest absolute Gasteiger partial charge is 0.0921 e. The highest BCUT2D eigenvalue weighted by Crippen LogP contribution is 2.45. The Morgan fingerprint density at radius 2 is 1.95 bits per heavy atom. The molecule has 2 aliphatic rings. The molecule has 96 valence electrons. The van der Waals surface area contributed by atoms with E-state index in [1.165, 1.54) is 11.1 Å². The van der Waals surface area contributed by atoms with Crippen LogP contribution in [0.15, 0.2) is 48.5 Å². The zero-order chi connectivity index (χ0) is 12.8. The third kappa shape index (κ3) is 1.83. The number of fused-ring (bicyclic) bond motifs is 4. The number of nitrogens with zero attached hydrogens (tertiary/aromatic N) is 1. The predicted molar refractivity (Wildman–Crippen MR) is 76.3 cm³/mol. The first-order valence-corrected chi connectivity index (χ1v) is 6.98. The quantitative estimate of drug-likeness (QED) is 0.773. The Labute approximate surface area is 117 Å². The van der Waals surface area contributed by atoms with Gasteiger partial charge in [-0.1, -0.05) is 41.9 Å². The number of hydrogen-bond donors (Lipinski definition) is 0. The Kier molecular flexibility index (Phi) is 2.54. The van der Waals surface area contributed by atoms with Crippen LogP contribution in [0.1, 0.15) is 23.6 Å². The van der Waals surface area contributed by atoms with Gasteiger partial charge in [0.05, 0.1) is 17.8 Å². The first-order valence-electron chi connectivity index (χ1n) is 6.60. The van der Waals surface area contributed by atoms with E-state index < -0.39 is 0 Å². The van der Waals surface area contributed by atoms with E-state index in [9.17, 15) is 0 Å². The zero-order valence-corrected chi connectivity index (χ0v) is 11.2. The van der Waals surface area contributed by atoms with E-state index >= 15 is 0 Å². The first-order chi connectivity index (χ1) is 9.31. The maximum Gasteiger partial charge on any atom is 0.0921 e. The summed E-state index contributed by atoms with van der Waals surface area (Å²) >= 11 is 6.09. The summed E-state index contributed by atoms with van der Waals surface area (Å²) in [5, 5.41) is 2.87. The van der Waals surface area contributed by atoms with Crippen LogP contribution < -0.4 is 5.06 Å². The molecule has 0 unspecified atom stereocenters. The fourth-order valence-corrected chi connectivity index (χ4v) is 3.29. The second-order valence-electron chi connectivity index (χ2n) is 5.19. The lowest BCUT2D eigenvalue weighted by Gasteiger charge is -2.30. The van der Waals surface area contributed by atoms with Gasteiger partial charge in [-0.25, -0.2) is 5.06 Å². The molecule has 2 aliphatic heterocycles. The highest BCUT2D eigenvalue weighted by molar-refractivity contribution is 6.30. The van der Waals surface area contributed by atoms with Crippen LogP contribution in [0.3, 0.4) is 0 Å². The van der Waals surface area contributed by atoms with Gasteiger partial charge in [0.2, 0.25) is 0 Å². The fourth-order valence-electron chi connectivity index (χ4n) is 3.09. The molecule has 0 amide bonds. The minimum atomic E-state index is 0.274. The molecule has 2 bridgehead atoms. The molecule has 0 radical (unpaired) electrons. The zero-order valence-electron chi connectivity index (χ0n) is 10.4. The summed E-state index contributed by atoms with van der Waals surface area (Å²) in [5.41, 5.74) is 3.77. The van der Waals surface area contributed by atoms with Crippen molar-refractivity contribution in [3.05, 3.63) is 64.7 Å². The topological polar surface area (TPSA) is 12.5 Å². The van der Waals surface area contributed by atoms with E-state index in [4.69, 9.17) is 16.4 Å². The van der Waals surface area contributed by atoms with E-state index in [1.54, 1.807) is 0 Å². The van der Waals surface area contributed by atoms with Crippen LogP contribution in [0.4, 0.5) is 5.69 Å². The Morgan fingerprint density at radius 1 is 1.11 bits per heavy atom. The molecule has 3 heteroatoms. The Morgan fingerprint density at radius 3 is 2.79 bits per heavy atom. The van der Waals surface area contributed by atoms with Crippen molar-refractivity contribution in [2.24, 2.45) is 0 Å². The van der Waals surface area contributed by atoms with Crippen LogP contribution in [0.5, 0.6) is 0 Å². The Balaban J connectivity index is 1.77. The summed E-state index contributed by atoms with van der Waals surface area (Å²) in [6.45, 7) is 0. The van der Waals surface area contributed by atoms with Crippen molar-refractivity contribution < 1.29 is 4.84 Å². The molecule has 0 aliphatic carbocycles. The van der Waals surface area contributed by atoms with Gasteiger partial charge in [-0.2, -0.15) is 0 Å². The third-order valence-electron chi connectivity index (χ3n) is 3.94. The maximum atomic E-state index is 6.09. The van der Waals surface area contributed by atoms with Gasteiger partial charge < -0.3 is 0 Å². The molecule has 2 aromatic rings. The van der Waals surface area contributed by atoms with Crippen LogP contribution in [0, 0.1) is 0 Å². The summed E-state index contributed by atoms with van der Waals surface area (Å²) in [4.78, 5) is 6.02. The van der Waals surface area contributed by atoms with E-state index in [-0.39, 0.29) is 6.10 Å². The highest BCUT2D eigenvalue weighted by atomic mass is 35.5. The summed E-state index contributed by atoms with van der Waals surface area (Å²) < 4.78 is 0. The first kappa shape index (κ1) is 11.3. The van der Waals surface area contributed by atoms with Gasteiger partial charge in [-0.15, -0.1) is 0 Å². The summed E-state index contributed by atoms with van der Waals surface area (Å²) in [6.07, 6.45) is 2.27. The van der Waals surface area contributed by atoms with Crippen molar-refractivity contribution in [1.29, 1.82) is 0 Å². The Bertz CT molecular complexity index is 613. The van der Waals surface area contributed by atoms with E-state index in [0.717, 1.165) is 23.6 Å². The number of anilines is 1. The number of halogens is 1. The number of hydrogen-bond acceptors (Lipinski definition) is 2. The van der Waals surface area contributed by atoms with Gasteiger partial charge in [0.15, 0.2) is 0 Å². The van der Waals surface area contributed by atoms with Crippen molar-refractivity contribution in [3.8, 4) is 0 Å². The maximum absolute atomic E-state index is 6.09. The molecule has 19 heavy (non-hydrogen) atoms. The van der Waals surface area contributed by atoms with Crippen molar-refractivity contribution in [2.75, 3.05) is 5.06 Å². The third-order valence-corrected chi connectivity index (χ3v) is 4.18. The molecule has 0 saturated carbocycles. The normalized spacial score (nSPS) is 24.4. The van der Waals surface area contributed by atoms with E-state index in [2.05, 4.69) is 47.5 Å². The van der Waals surface area contributed by atoms with Gasteiger partial charge in [-0.05, 0) is 29.3 Å². The van der Waals surface area contributed by atoms with Gasteiger partial charge >= 0.3 is 0 Å². The average molecular weight is 272 g/mol. The number of rotatable bonds is 1. The largest absolute Gasteiger partial charge is 0.269 e. The number of hydroxylamine groups is 1. The van der Waals surface area contributed by atoms with Crippen molar-refractivity contribution in [3.63, 3.8) is 0 Å². The molecule has 4 rings (SSSR count). The summed E-state index contributed by atoms with van der Waals surface area (Å²) in [5.74, 6) is 0. The highest BCUT2D eigenvalue weighted by Gasteiger charge is 2.39. The van der Waals surface area contributed by atoms with Crippen LogP contribution in [-0.4, -0.2) is 6.10 Å². The van der Waals surface area contributed by atoms with E-state index in [1.807, 2.05) is 6.07 Å². The van der Waals surface area contributed by atoms with Crippen molar-refractivity contribution in [2.45, 2.75) is 25.0 Å². The number of benzene rings is 2. The van der Waals surface area contributed by atoms with Crippen molar-refractivity contribution >= 4 is 17.3 Å². The van der Waals surface area contributed by atoms with Crippen LogP contribution in [0.2, 0.25) is 5.02 Å². The monoisotopic (exact) mass is 271 g/mol. The molecule has 2 aromatic carbocycles. The lowest BCUT2D eigenvalue weighted by Crippen LogP contribution is -2.27. The molecule has 2 heterocycles. The summed E-state index contributed by atoms with van der Waals surface area (Å²) in [7, 11) is 0. The minimum Gasteiger partial charge on any atom is -0.269 e. The van der Waals surface area contributed by atoms with Crippen LogP contribution >= 0.6 is 11.6 Å². The predicted octanol–water partition coefficient (Wildman–Crippen LogP) is 4.15. The van der Waals surface area contributed by atoms with Gasteiger partial charge in [-0.3, -0.25) is 4.84 Å². The molecule has 2 atom stereocenters. The van der Waals surface area contributed by atoms with Crippen LogP contribution in [0.25, 0.3) is 0 Å². The summed E-state index contributed by atoms with van der Waals surface area (Å²) in [6, 6.07) is 16.9. The minimum absolute atomic E-state index is 0.274. The molecule has 0 N–H and O–H groups in total.